The maximum atomic E-state index is 5.61. The maximum Gasteiger partial charge on any atom is 2.00 e. The van der Waals surface area contributed by atoms with Crippen molar-refractivity contribution < 1.29 is 29.6 Å². The summed E-state index contributed by atoms with van der Waals surface area (Å²) >= 11 is 0. The molecule has 0 saturated heterocycles. The summed E-state index contributed by atoms with van der Waals surface area (Å²) in [6.07, 6.45) is 0. The predicted molar refractivity (Wildman–Crippen MR) is 67.1 cm³/mol. The van der Waals surface area contributed by atoms with Crippen molar-refractivity contribution in [1.29, 1.82) is 0 Å². The first-order chi connectivity index (χ1) is 7.45. The van der Waals surface area contributed by atoms with E-state index in [4.69, 9.17) is 4.74 Å². The molecule has 92 valence electrons. The molecule has 2 rings (SSSR count). The number of hydrogen-bond acceptors (Lipinski definition) is 1. The molecule has 0 radical (unpaired) electrons. The third-order valence-electron chi connectivity index (χ3n) is 2.22. The van der Waals surface area contributed by atoms with Crippen LogP contribution in [-0.4, -0.2) is 23.1 Å². The van der Waals surface area contributed by atoms with Gasteiger partial charge in [-0.15, -0.1) is 0 Å². The second-order valence-electron chi connectivity index (χ2n) is 3.46. The van der Waals surface area contributed by atoms with Crippen molar-refractivity contribution in [3.8, 4) is 0 Å². The third kappa shape index (κ3) is 7.24. The average Bonchev–Trinajstić information content (AvgIpc) is 2.32. The molecule has 0 bridgehead atoms. The number of hydrogen-bond donors (Lipinski definition) is 0. The van der Waals surface area contributed by atoms with Gasteiger partial charge >= 0.3 is 23.1 Å². The van der Waals surface area contributed by atoms with Gasteiger partial charge in [-0.05, 0) is 11.1 Å². The van der Waals surface area contributed by atoms with E-state index in [-0.39, 0.29) is 47.9 Å². The van der Waals surface area contributed by atoms with E-state index >= 15 is 0 Å². The molecule has 0 N–H and O–H groups in total. The van der Waals surface area contributed by atoms with Crippen LogP contribution in [0.5, 0.6) is 0 Å². The van der Waals surface area contributed by atoms with Gasteiger partial charge in [0.15, 0.2) is 0 Å². The average molecular weight is 293 g/mol. The van der Waals surface area contributed by atoms with E-state index in [2.05, 4.69) is 24.3 Å². The summed E-state index contributed by atoms with van der Waals surface area (Å²) < 4.78 is 5.61. The van der Waals surface area contributed by atoms with Gasteiger partial charge < -0.3 is 29.6 Å². The van der Waals surface area contributed by atoms with Crippen molar-refractivity contribution in [2.24, 2.45) is 0 Å². The molecule has 0 amide bonds. The van der Waals surface area contributed by atoms with Crippen LogP contribution < -0.4 is 24.8 Å². The summed E-state index contributed by atoms with van der Waals surface area (Å²) in [5.74, 6) is 0. The van der Waals surface area contributed by atoms with Crippen LogP contribution in [0.25, 0.3) is 0 Å². The molecule has 0 atom stereocenters. The normalized spacial score (nSPS) is 8.44. The van der Waals surface area contributed by atoms with Crippen molar-refractivity contribution in [1.82, 2.24) is 0 Å². The first kappa shape index (κ1) is 20.1. The fourth-order valence-corrected chi connectivity index (χ4v) is 1.44. The van der Waals surface area contributed by atoms with Gasteiger partial charge in [-0.25, -0.2) is 0 Å². The van der Waals surface area contributed by atoms with Crippen molar-refractivity contribution in [3.63, 3.8) is 0 Å². The summed E-state index contributed by atoms with van der Waals surface area (Å²) in [6, 6.07) is 20.4. The van der Waals surface area contributed by atoms with E-state index in [9.17, 15) is 0 Å². The van der Waals surface area contributed by atoms with Crippen LogP contribution >= 0.6 is 0 Å². The Hall–Kier alpha value is -0.254. The van der Waals surface area contributed by atoms with E-state index in [1.54, 1.807) is 0 Å². The van der Waals surface area contributed by atoms with Crippen molar-refractivity contribution >= 4 is 23.1 Å². The minimum absolute atomic E-state index is 0. The van der Waals surface area contributed by atoms with E-state index in [1.807, 2.05) is 36.4 Å². The molecule has 1 nitrogen and oxygen atoms in total. The quantitative estimate of drug-likeness (QED) is 0.547. The minimum atomic E-state index is 0. The molecule has 0 aromatic heterocycles. The molecule has 0 aliphatic rings. The Bertz CT molecular complexity index is 356. The Morgan fingerprint density at radius 2 is 0.944 bits per heavy atom. The van der Waals surface area contributed by atoms with Crippen molar-refractivity contribution in [2.75, 3.05) is 0 Å². The molecule has 0 aliphatic carbocycles. The topological polar surface area (TPSA) is 9.23 Å². The Morgan fingerprint density at radius 1 is 0.611 bits per heavy atom. The fraction of sp³-hybridized carbons (Fsp3) is 0.143. The zero-order valence-corrected chi connectivity index (χ0v) is 13.0. The molecule has 0 spiro atoms. The maximum absolute atomic E-state index is 5.61. The Balaban J connectivity index is 0. The van der Waals surface area contributed by atoms with Crippen molar-refractivity contribution in [2.45, 2.75) is 13.2 Å². The largest absolute Gasteiger partial charge is 2.00 e. The van der Waals surface area contributed by atoms with Crippen LogP contribution in [-0.2, 0) is 18.0 Å². The second-order valence-corrected chi connectivity index (χ2v) is 3.46. The van der Waals surface area contributed by atoms with Gasteiger partial charge in [0.2, 0.25) is 0 Å². The Labute approximate surface area is 137 Å². The fourth-order valence-electron chi connectivity index (χ4n) is 1.44. The summed E-state index contributed by atoms with van der Waals surface area (Å²) in [6.45, 7) is 1.35. The zero-order valence-electron chi connectivity index (χ0n) is 10.1. The molecule has 0 unspecified atom stereocenters. The molecule has 2 aromatic rings. The Kier molecular flexibility index (Phi) is 13.2. The van der Waals surface area contributed by atoms with Crippen molar-refractivity contribution in [3.05, 3.63) is 71.8 Å². The van der Waals surface area contributed by atoms with Crippen LogP contribution in [0.15, 0.2) is 60.7 Å². The molecule has 0 fully saturated rings. The van der Waals surface area contributed by atoms with Gasteiger partial charge in [0.1, 0.15) is 0 Å². The minimum Gasteiger partial charge on any atom is -1.00 e. The number of benzene rings is 2. The molecule has 0 heterocycles. The monoisotopic (exact) mass is 292 g/mol. The second kappa shape index (κ2) is 11.8. The molecular formula is C14H14Cl2MgO. The van der Waals surface area contributed by atoms with E-state index in [1.165, 1.54) is 11.1 Å². The smallest absolute Gasteiger partial charge is 1.00 e. The molecule has 4 heteroatoms. The van der Waals surface area contributed by atoms with Gasteiger partial charge in [0, 0.05) is 0 Å². The van der Waals surface area contributed by atoms with Crippen LogP contribution in [0.1, 0.15) is 11.1 Å². The molecule has 2 aromatic carbocycles. The molecular weight excluding hydrogens is 279 g/mol. The summed E-state index contributed by atoms with van der Waals surface area (Å²) in [5, 5.41) is 0. The number of rotatable bonds is 4. The number of ether oxygens (including phenoxy) is 1. The van der Waals surface area contributed by atoms with Gasteiger partial charge in [-0.3, -0.25) is 0 Å². The summed E-state index contributed by atoms with van der Waals surface area (Å²) in [4.78, 5) is 0. The summed E-state index contributed by atoms with van der Waals surface area (Å²) in [7, 11) is 0. The molecule has 0 saturated carbocycles. The Morgan fingerprint density at radius 3 is 1.28 bits per heavy atom. The van der Waals surface area contributed by atoms with Gasteiger partial charge in [-0.1, -0.05) is 60.7 Å². The number of halogens is 2. The zero-order chi connectivity index (χ0) is 10.3. The third-order valence-corrected chi connectivity index (χ3v) is 2.22. The van der Waals surface area contributed by atoms with Crippen LogP contribution in [0.2, 0.25) is 0 Å². The molecule has 0 aliphatic heterocycles. The van der Waals surface area contributed by atoms with Gasteiger partial charge in [-0.2, -0.15) is 0 Å². The van der Waals surface area contributed by atoms with Crippen LogP contribution in [0.4, 0.5) is 0 Å². The predicted octanol–water partition coefficient (Wildman–Crippen LogP) is -2.97. The molecule has 18 heavy (non-hydrogen) atoms. The van der Waals surface area contributed by atoms with Gasteiger partial charge in [0.05, 0.1) is 13.2 Å². The standard InChI is InChI=1S/C14H14O.2ClH.Mg/c1-3-7-13(8-4-1)11-15-12-14-9-5-2-6-10-14;;;/h1-10H,11-12H2;2*1H;/q;;;+2/p-2. The SMILES string of the molecule is [Cl-].[Cl-].[Mg+2].c1ccc(COCc2ccccc2)cc1. The van der Waals surface area contributed by atoms with Crippen LogP contribution in [0, 0.1) is 0 Å². The van der Waals surface area contributed by atoms with Crippen LogP contribution in [0.3, 0.4) is 0 Å². The first-order valence-corrected chi connectivity index (χ1v) is 5.11. The summed E-state index contributed by atoms with van der Waals surface area (Å²) in [5.41, 5.74) is 2.43. The first-order valence-electron chi connectivity index (χ1n) is 5.11. The van der Waals surface area contributed by atoms with E-state index in [0.29, 0.717) is 13.2 Å². The van der Waals surface area contributed by atoms with Gasteiger partial charge in [0.25, 0.3) is 0 Å². The van der Waals surface area contributed by atoms with E-state index < -0.39 is 0 Å². The van der Waals surface area contributed by atoms with E-state index in [0.717, 1.165) is 0 Å².